The van der Waals surface area contributed by atoms with E-state index in [0.29, 0.717) is 6.04 Å². The van der Waals surface area contributed by atoms with E-state index in [9.17, 15) is 0 Å². The predicted molar refractivity (Wildman–Crippen MR) is 81.6 cm³/mol. The minimum Gasteiger partial charge on any atom is -0.377 e. The predicted octanol–water partition coefficient (Wildman–Crippen LogP) is 2.93. The monoisotopic (exact) mass is 324 g/mol. The van der Waals surface area contributed by atoms with Crippen LogP contribution in [0.5, 0.6) is 0 Å². The van der Waals surface area contributed by atoms with Crippen LogP contribution in [0.4, 0.5) is 5.69 Å². The average molecular weight is 325 g/mol. The van der Waals surface area contributed by atoms with Crippen LogP contribution >= 0.6 is 15.9 Å². The molecular formula is C15H21BrN2O. The molecule has 1 heterocycles. The molecule has 1 aromatic rings. The second-order valence-corrected chi connectivity index (χ2v) is 6.40. The van der Waals surface area contributed by atoms with Gasteiger partial charge in [0.1, 0.15) is 0 Å². The highest BCUT2D eigenvalue weighted by atomic mass is 79.9. The van der Waals surface area contributed by atoms with Gasteiger partial charge >= 0.3 is 0 Å². The second kappa shape index (κ2) is 5.81. The molecule has 1 N–H and O–H groups in total. The number of hydrogen-bond donors (Lipinski definition) is 1. The summed E-state index contributed by atoms with van der Waals surface area (Å²) in [7, 11) is 0. The Balaban J connectivity index is 1.70. The zero-order valence-corrected chi connectivity index (χ0v) is 12.9. The molecule has 0 radical (unpaired) electrons. The molecule has 1 unspecified atom stereocenters. The van der Waals surface area contributed by atoms with Crippen molar-refractivity contribution in [2.24, 2.45) is 0 Å². The highest BCUT2D eigenvalue weighted by molar-refractivity contribution is 9.10. The average Bonchev–Trinajstić information content (AvgIpc) is 3.22. The Morgan fingerprint density at radius 3 is 2.95 bits per heavy atom. The van der Waals surface area contributed by atoms with Crippen molar-refractivity contribution >= 4 is 21.6 Å². The largest absolute Gasteiger partial charge is 0.377 e. The Bertz CT molecular complexity index is 448. The van der Waals surface area contributed by atoms with Crippen molar-refractivity contribution in [1.82, 2.24) is 5.32 Å². The smallest absolute Gasteiger partial charge is 0.0668 e. The van der Waals surface area contributed by atoms with Crippen molar-refractivity contribution in [2.75, 3.05) is 24.7 Å². The summed E-state index contributed by atoms with van der Waals surface area (Å²) in [6.07, 6.45) is 2.67. The van der Waals surface area contributed by atoms with Crippen LogP contribution in [0.25, 0.3) is 0 Å². The van der Waals surface area contributed by atoms with Gasteiger partial charge in [-0.3, -0.25) is 0 Å². The van der Waals surface area contributed by atoms with Gasteiger partial charge in [-0.25, -0.2) is 0 Å². The maximum atomic E-state index is 5.50. The third-order valence-electron chi connectivity index (χ3n) is 3.89. The summed E-state index contributed by atoms with van der Waals surface area (Å²) >= 11 is 3.71. The Morgan fingerprint density at radius 1 is 1.42 bits per heavy atom. The Labute approximate surface area is 123 Å². The van der Waals surface area contributed by atoms with Crippen LogP contribution in [0.15, 0.2) is 22.7 Å². The first kappa shape index (κ1) is 13.4. The van der Waals surface area contributed by atoms with Crippen molar-refractivity contribution in [2.45, 2.75) is 38.4 Å². The lowest BCUT2D eigenvalue weighted by Crippen LogP contribution is -2.43. The summed E-state index contributed by atoms with van der Waals surface area (Å²) in [4.78, 5) is 2.42. The van der Waals surface area contributed by atoms with Gasteiger partial charge in [-0.05, 0) is 37.5 Å². The van der Waals surface area contributed by atoms with Crippen LogP contribution in [0, 0.1) is 0 Å². The second-order valence-electron chi connectivity index (χ2n) is 5.55. The van der Waals surface area contributed by atoms with Crippen molar-refractivity contribution in [3.63, 3.8) is 0 Å². The van der Waals surface area contributed by atoms with Crippen LogP contribution < -0.4 is 10.2 Å². The molecule has 104 valence electrons. The zero-order chi connectivity index (χ0) is 13.2. The summed E-state index contributed by atoms with van der Waals surface area (Å²) in [5.74, 6) is 0. The van der Waals surface area contributed by atoms with Gasteiger partial charge in [-0.1, -0.05) is 22.0 Å². The number of rotatable bonds is 4. The molecule has 3 nitrogen and oxygen atoms in total. The molecule has 0 spiro atoms. The molecule has 1 saturated carbocycles. The third kappa shape index (κ3) is 3.30. The van der Waals surface area contributed by atoms with Crippen LogP contribution in [-0.2, 0) is 11.3 Å². The molecule has 4 heteroatoms. The number of anilines is 1. The number of morpholine rings is 1. The standard InChI is InChI=1S/C15H21BrN2O/c1-11-10-19-7-6-18(11)14-5-2-12(15(16)8-14)9-17-13-3-4-13/h2,5,8,11,13,17H,3-4,6-7,9-10H2,1H3. The Morgan fingerprint density at radius 2 is 2.26 bits per heavy atom. The molecule has 1 aliphatic carbocycles. The van der Waals surface area contributed by atoms with E-state index in [-0.39, 0.29) is 0 Å². The summed E-state index contributed by atoms with van der Waals surface area (Å²) in [6.45, 7) is 5.81. The van der Waals surface area contributed by atoms with Crippen molar-refractivity contribution in [3.05, 3.63) is 28.2 Å². The molecule has 0 aromatic heterocycles. The van der Waals surface area contributed by atoms with Crippen LogP contribution in [0.3, 0.4) is 0 Å². The summed E-state index contributed by atoms with van der Waals surface area (Å²) in [5.41, 5.74) is 2.63. The van der Waals surface area contributed by atoms with E-state index in [4.69, 9.17) is 4.74 Å². The minimum atomic E-state index is 0.455. The van der Waals surface area contributed by atoms with Gasteiger partial charge in [0.15, 0.2) is 0 Å². The maximum Gasteiger partial charge on any atom is 0.0668 e. The number of ether oxygens (including phenoxy) is 1. The fourth-order valence-electron chi connectivity index (χ4n) is 2.51. The molecule has 3 rings (SSSR count). The molecule has 1 aromatic carbocycles. The van der Waals surface area contributed by atoms with Gasteiger partial charge in [-0.2, -0.15) is 0 Å². The third-order valence-corrected chi connectivity index (χ3v) is 4.63. The van der Waals surface area contributed by atoms with Crippen molar-refractivity contribution in [3.8, 4) is 0 Å². The lowest BCUT2D eigenvalue weighted by atomic mass is 10.1. The molecule has 2 fully saturated rings. The molecule has 0 amide bonds. The van der Waals surface area contributed by atoms with Crippen LogP contribution in [-0.4, -0.2) is 31.8 Å². The van der Waals surface area contributed by atoms with E-state index in [1.807, 2.05) is 0 Å². The quantitative estimate of drug-likeness (QED) is 0.921. The zero-order valence-electron chi connectivity index (χ0n) is 11.4. The van der Waals surface area contributed by atoms with E-state index in [0.717, 1.165) is 32.3 Å². The Kier molecular flexibility index (Phi) is 4.10. The highest BCUT2D eigenvalue weighted by Gasteiger charge is 2.21. The molecule has 1 atom stereocenters. The van der Waals surface area contributed by atoms with Gasteiger partial charge in [0.2, 0.25) is 0 Å². The van der Waals surface area contributed by atoms with Gasteiger partial charge in [0.05, 0.1) is 13.2 Å². The molecule has 0 bridgehead atoms. The summed E-state index contributed by atoms with van der Waals surface area (Å²) in [5, 5.41) is 3.56. The summed E-state index contributed by atoms with van der Waals surface area (Å²) in [6, 6.07) is 7.92. The van der Waals surface area contributed by atoms with Crippen molar-refractivity contribution < 1.29 is 4.74 Å². The Hall–Kier alpha value is -0.580. The first-order valence-electron chi connectivity index (χ1n) is 7.10. The highest BCUT2D eigenvalue weighted by Crippen LogP contribution is 2.27. The van der Waals surface area contributed by atoms with E-state index in [1.165, 1.54) is 28.6 Å². The normalized spacial score (nSPS) is 23.7. The van der Waals surface area contributed by atoms with Crippen molar-refractivity contribution in [1.29, 1.82) is 0 Å². The fraction of sp³-hybridized carbons (Fsp3) is 0.600. The first-order valence-corrected chi connectivity index (χ1v) is 7.89. The van der Waals surface area contributed by atoms with Gasteiger partial charge in [0, 0.05) is 35.3 Å². The molecule has 1 aliphatic heterocycles. The molecule has 2 aliphatic rings. The number of halogens is 1. The summed E-state index contributed by atoms with van der Waals surface area (Å²) < 4.78 is 6.70. The van der Waals surface area contributed by atoms with Crippen LogP contribution in [0.2, 0.25) is 0 Å². The maximum absolute atomic E-state index is 5.50. The lowest BCUT2D eigenvalue weighted by molar-refractivity contribution is 0.0989. The van der Waals surface area contributed by atoms with E-state index < -0.39 is 0 Å². The molecular weight excluding hydrogens is 304 g/mol. The minimum absolute atomic E-state index is 0.455. The van der Waals surface area contributed by atoms with Gasteiger partial charge in [-0.15, -0.1) is 0 Å². The van der Waals surface area contributed by atoms with Gasteiger partial charge in [0.25, 0.3) is 0 Å². The fourth-order valence-corrected chi connectivity index (χ4v) is 3.02. The molecule has 1 saturated heterocycles. The number of nitrogens with zero attached hydrogens (tertiary/aromatic N) is 1. The lowest BCUT2D eigenvalue weighted by Gasteiger charge is -2.35. The molecule has 19 heavy (non-hydrogen) atoms. The van der Waals surface area contributed by atoms with E-state index in [2.05, 4.69) is 51.3 Å². The number of hydrogen-bond acceptors (Lipinski definition) is 3. The van der Waals surface area contributed by atoms with E-state index >= 15 is 0 Å². The first-order chi connectivity index (χ1) is 9.24. The number of nitrogens with one attached hydrogen (secondary N) is 1. The number of benzene rings is 1. The van der Waals surface area contributed by atoms with Crippen LogP contribution in [0.1, 0.15) is 25.3 Å². The van der Waals surface area contributed by atoms with E-state index in [1.54, 1.807) is 0 Å². The SMILES string of the molecule is CC1COCCN1c1ccc(CNC2CC2)c(Br)c1. The topological polar surface area (TPSA) is 24.5 Å². The van der Waals surface area contributed by atoms with Gasteiger partial charge < -0.3 is 15.0 Å².